The Labute approximate surface area is 232 Å². The summed E-state index contributed by atoms with van der Waals surface area (Å²) in [6.07, 6.45) is -2.50. The number of carbonyl (C=O) groups is 5. The fraction of sp³-hybridized carbons (Fsp3) is 0.367. The van der Waals surface area contributed by atoms with Gasteiger partial charge in [0, 0.05) is 32.6 Å². The number of aryl methyl sites for hydroxylation is 1. The number of Topliss-reactive ketones (excluding diaryl/α,β-unsaturated/α-hetero) is 1. The number of unbranched alkanes of at least 4 members (excludes halogenated alkanes) is 1. The van der Waals surface area contributed by atoms with E-state index in [-0.39, 0.29) is 31.0 Å². The number of esters is 1. The number of imide groups is 1. The van der Waals surface area contributed by atoms with E-state index in [1.165, 1.54) is 0 Å². The van der Waals surface area contributed by atoms with Crippen molar-refractivity contribution in [3.63, 3.8) is 0 Å². The number of ether oxygens (including phenoxy) is 3. The van der Waals surface area contributed by atoms with Crippen LogP contribution in [0.1, 0.15) is 48.9 Å². The van der Waals surface area contributed by atoms with Gasteiger partial charge in [0.1, 0.15) is 12.6 Å². The number of rotatable bonds is 13. The number of hydrogen-bond acceptors (Lipinski definition) is 9. The lowest BCUT2D eigenvalue weighted by Gasteiger charge is -2.28. The minimum atomic E-state index is -1.79. The maximum Gasteiger partial charge on any atom is 0.417 e. The fourth-order valence-corrected chi connectivity index (χ4v) is 4.42. The summed E-state index contributed by atoms with van der Waals surface area (Å²) >= 11 is 0. The van der Waals surface area contributed by atoms with Crippen LogP contribution in [0, 0.1) is 6.92 Å². The molecule has 212 valence electrons. The van der Waals surface area contributed by atoms with Gasteiger partial charge in [-0.15, -0.1) is 0 Å². The Morgan fingerprint density at radius 3 is 2.42 bits per heavy atom. The number of hydrogen-bond donors (Lipinski definition) is 1. The molecule has 1 aliphatic heterocycles. The SMILES string of the molecule is CO[C@@H](C(=O)N1C(=O)OC[C@H]1c1ccccc1)[C@@H](OC(C)=O)C(=O)C=C(C(=O)CCCCO)c1cccc(C)c1. The molecule has 0 saturated carbocycles. The fourth-order valence-electron chi connectivity index (χ4n) is 4.42. The first-order valence-electron chi connectivity index (χ1n) is 12.9. The quantitative estimate of drug-likeness (QED) is 0.226. The van der Waals surface area contributed by atoms with E-state index < -0.39 is 42.0 Å². The molecule has 0 aliphatic carbocycles. The molecule has 0 bridgehead atoms. The first kappa shape index (κ1) is 30.4. The Morgan fingerprint density at radius 1 is 1.07 bits per heavy atom. The van der Waals surface area contributed by atoms with Gasteiger partial charge in [-0.05, 0) is 37.0 Å². The summed E-state index contributed by atoms with van der Waals surface area (Å²) < 4.78 is 15.7. The maximum atomic E-state index is 13.7. The van der Waals surface area contributed by atoms with Gasteiger partial charge in [-0.25, -0.2) is 9.69 Å². The van der Waals surface area contributed by atoms with Crippen molar-refractivity contribution < 1.29 is 43.3 Å². The third-order valence-corrected chi connectivity index (χ3v) is 6.37. The van der Waals surface area contributed by atoms with Gasteiger partial charge in [0.2, 0.25) is 0 Å². The number of aliphatic hydroxyl groups is 1. The molecule has 10 heteroatoms. The number of benzene rings is 2. The Morgan fingerprint density at radius 2 is 1.80 bits per heavy atom. The van der Waals surface area contributed by atoms with Crippen LogP contribution in [0.4, 0.5) is 4.79 Å². The van der Waals surface area contributed by atoms with Gasteiger partial charge >= 0.3 is 12.1 Å². The standard InChI is InChI=1S/C30H33NO9/c1-19-10-9-13-22(16-19)23(25(34)14-7-8-15-32)17-26(35)27(40-20(2)33)28(38-3)29(36)31-24(18-39-30(31)37)21-11-5-4-6-12-21/h4-6,9-13,16-17,24,27-28,32H,7-8,14-15,18H2,1-3H3/t24-,27-,28+/m0/s1. The predicted octanol–water partition coefficient (Wildman–Crippen LogP) is 3.35. The molecule has 0 aromatic heterocycles. The Kier molecular flexibility index (Phi) is 10.9. The molecule has 1 fully saturated rings. The van der Waals surface area contributed by atoms with E-state index >= 15 is 0 Å². The van der Waals surface area contributed by atoms with Crippen molar-refractivity contribution in [3.8, 4) is 0 Å². The Bertz CT molecular complexity index is 1270. The number of carbonyl (C=O) groups excluding carboxylic acids is 5. The number of aliphatic hydroxyl groups excluding tert-OH is 1. The molecule has 40 heavy (non-hydrogen) atoms. The normalized spacial score (nSPS) is 16.7. The minimum absolute atomic E-state index is 0.0637. The number of allylic oxidation sites excluding steroid dienone is 1. The first-order chi connectivity index (χ1) is 19.2. The van der Waals surface area contributed by atoms with Gasteiger partial charge in [0.25, 0.3) is 5.91 Å². The van der Waals surface area contributed by atoms with E-state index in [0.717, 1.165) is 30.6 Å². The molecule has 3 atom stereocenters. The minimum Gasteiger partial charge on any atom is -0.451 e. The van der Waals surface area contributed by atoms with Crippen LogP contribution in [-0.4, -0.2) is 72.1 Å². The largest absolute Gasteiger partial charge is 0.451 e. The highest BCUT2D eigenvalue weighted by Crippen LogP contribution is 2.30. The van der Waals surface area contributed by atoms with E-state index in [4.69, 9.17) is 19.3 Å². The molecule has 2 aromatic carbocycles. The van der Waals surface area contributed by atoms with Crippen molar-refractivity contribution in [2.75, 3.05) is 20.3 Å². The summed E-state index contributed by atoms with van der Waals surface area (Å²) in [6, 6.07) is 14.9. The molecule has 1 N–H and O–H groups in total. The van der Waals surface area contributed by atoms with Crippen LogP contribution in [-0.2, 0) is 33.4 Å². The second kappa shape index (κ2) is 14.3. The van der Waals surface area contributed by atoms with Crippen molar-refractivity contribution in [3.05, 3.63) is 77.4 Å². The van der Waals surface area contributed by atoms with E-state index in [9.17, 15) is 24.0 Å². The molecule has 1 saturated heterocycles. The van der Waals surface area contributed by atoms with E-state index in [2.05, 4.69) is 0 Å². The van der Waals surface area contributed by atoms with Crippen molar-refractivity contribution >= 4 is 35.1 Å². The van der Waals surface area contributed by atoms with Gasteiger partial charge < -0.3 is 19.3 Å². The van der Waals surface area contributed by atoms with Gasteiger partial charge in [-0.3, -0.25) is 19.2 Å². The highest BCUT2D eigenvalue weighted by atomic mass is 16.6. The molecule has 10 nitrogen and oxygen atoms in total. The van der Waals surface area contributed by atoms with Crippen LogP contribution < -0.4 is 0 Å². The average Bonchev–Trinajstić information content (AvgIpc) is 3.32. The van der Waals surface area contributed by atoms with Crippen molar-refractivity contribution in [1.82, 2.24) is 4.90 Å². The molecule has 2 aromatic rings. The van der Waals surface area contributed by atoms with Gasteiger partial charge in [-0.1, -0.05) is 60.2 Å². The molecule has 1 aliphatic rings. The summed E-state index contributed by atoms with van der Waals surface area (Å²) in [6.45, 7) is 2.72. The molecule has 0 radical (unpaired) electrons. The first-order valence-corrected chi connectivity index (χ1v) is 12.9. The monoisotopic (exact) mass is 551 g/mol. The predicted molar refractivity (Wildman–Crippen MR) is 144 cm³/mol. The molecule has 0 unspecified atom stereocenters. The summed E-state index contributed by atoms with van der Waals surface area (Å²) in [5.41, 5.74) is 2.01. The van der Waals surface area contributed by atoms with Gasteiger partial charge in [-0.2, -0.15) is 0 Å². The topological polar surface area (TPSA) is 137 Å². The summed E-state index contributed by atoms with van der Waals surface area (Å²) in [5, 5.41) is 9.10. The third kappa shape index (κ3) is 7.49. The Hall–Kier alpha value is -4.15. The summed E-state index contributed by atoms with van der Waals surface area (Å²) in [7, 11) is 1.15. The van der Waals surface area contributed by atoms with Crippen LogP contribution in [0.2, 0.25) is 0 Å². The maximum absolute atomic E-state index is 13.7. The summed E-state index contributed by atoms with van der Waals surface area (Å²) in [5.74, 6) is -3.03. The molecular formula is C30H33NO9. The zero-order valence-corrected chi connectivity index (χ0v) is 22.7. The Balaban J connectivity index is 1.99. The second-order valence-corrected chi connectivity index (χ2v) is 9.33. The smallest absolute Gasteiger partial charge is 0.417 e. The molecule has 3 rings (SSSR count). The zero-order chi connectivity index (χ0) is 29.2. The van der Waals surface area contributed by atoms with E-state index in [1.54, 1.807) is 48.5 Å². The molecule has 2 amide bonds. The van der Waals surface area contributed by atoms with Gasteiger partial charge in [0.15, 0.2) is 23.8 Å². The van der Waals surface area contributed by atoms with Crippen LogP contribution in [0.25, 0.3) is 5.57 Å². The molecular weight excluding hydrogens is 518 g/mol. The molecule has 1 heterocycles. The van der Waals surface area contributed by atoms with Crippen molar-refractivity contribution in [1.29, 1.82) is 0 Å². The molecule has 0 spiro atoms. The van der Waals surface area contributed by atoms with Crippen LogP contribution in [0.5, 0.6) is 0 Å². The van der Waals surface area contributed by atoms with Crippen molar-refractivity contribution in [2.45, 2.75) is 51.4 Å². The lowest BCUT2D eigenvalue weighted by Crippen LogP contribution is -2.51. The van der Waals surface area contributed by atoms with Crippen LogP contribution >= 0.6 is 0 Å². The average molecular weight is 552 g/mol. The number of cyclic esters (lactones) is 1. The van der Waals surface area contributed by atoms with E-state index in [1.807, 2.05) is 13.0 Å². The lowest BCUT2D eigenvalue weighted by molar-refractivity contribution is -0.166. The number of nitrogens with zero attached hydrogens (tertiary/aromatic N) is 1. The van der Waals surface area contributed by atoms with Crippen LogP contribution in [0.3, 0.4) is 0 Å². The van der Waals surface area contributed by atoms with Crippen LogP contribution in [0.15, 0.2) is 60.7 Å². The third-order valence-electron chi connectivity index (χ3n) is 6.37. The zero-order valence-electron chi connectivity index (χ0n) is 22.7. The lowest BCUT2D eigenvalue weighted by atomic mass is 9.94. The highest BCUT2D eigenvalue weighted by molar-refractivity contribution is 6.25. The van der Waals surface area contributed by atoms with Crippen molar-refractivity contribution in [2.24, 2.45) is 0 Å². The number of ketones is 2. The highest BCUT2D eigenvalue weighted by Gasteiger charge is 2.46. The van der Waals surface area contributed by atoms with Gasteiger partial charge in [0.05, 0.1) is 0 Å². The number of methoxy groups -OCH3 is 1. The second-order valence-electron chi connectivity index (χ2n) is 9.33. The van der Waals surface area contributed by atoms with E-state index in [0.29, 0.717) is 24.0 Å². The summed E-state index contributed by atoms with van der Waals surface area (Å²) in [4.78, 5) is 65.9. The number of amides is 2.